The first kappa shape index (κ1) is 19.2. The van der Waals surface area contributed by atoms with E-state index >= 15 is 0 Å². The van der Waals surface area contributed by atoms with Crippen molar-refractivity contribution in [3.63, 3.8) is 0 Å². The Balaban J connectivity index is 1.73. The van der Waals surface area contributed by atoms with E-state index in [2.05, 4.69) is 5.32 Å². The van der Waals surface area contributed by atoms with Gasteiger partial charge in [-0.1, -0.05) is 48.5 Å². The second-order valence-electron chi connectivity index (χ2n) is 6.15. The van der Waals surface area contributed by atoms with Gasteiger partial charge in [-0.25, -0.2) is 8.78 Å². The van der Waals surface area contributed by atoms with Gasteiger partial charge < -0.3 is 10.2 Å². The summed E-state index contributed by atoms with van der Waals surface area (Å²) in [7, 11) is 0. The lowest BCUT2D eigenvalue weighted by Gasteiger charge is -2.23. The first-order chi connectivity index (χ1) is 13.5. The predicted octanol–water partition coefficient (Wildman–Crippen LogP) is 4.53. The fourth-order valence-electron chi connectivity index (χ4n) is 2.71. The Morgan fingerprint density at radius 2 is 1.46 bits per heavy atom. The maximum Gasteiger partial charge on any atom is 0.236 e. The topological polar surface area (TPSA) is 49.4 Å². The van der Waals surface area contributed by atoms with Crippen molar-refractivity contribution in [2.24, 2.45) is 0 Å². The molecule has 0 spiro atoms. The van der Waals surface area contributed by atoms with E-state index in [-0.39, 0.29) is 5.69 Å². The van der Waals surface area contributed by atoms with Crippen molar-refractivity contribution >= 4 is 23.2 Å². The molecule has 0 atom stereocenters. The summed E-state index contributed by atoms with van der Waals surface area (Å²) >= 11 is 0. The summed E-state index contributed by atoms with van der Waals surface area (Å²) in [6.07, 6.45) is -0.430. The molecular weight excluding hydrogens is 362 g/mol. The molecule has 4 nitrogen and oxygen atoms in total. The number of rotatable bonds is 6. The first-order valence-corrected chi connectivity index (χ1v) is 8.67. The van der Waals surface area contributed by atoms with Crippen LogP contribution in [-0.4, -0.2) is 11.8 Å². The zero-order valence-corrected chi connectivity index (χ0v) is 14.9. The zero-order chi connectivity index (χ0) is 19.9. The van der Waals surface area contributed by atoms with Crippen LogP contribution in [0.5, 0.6) is 0 Å². The summed E-state index contributed by atoms with van der Waals surface area (Å²) < 4.78 is 26.3. The highest BCUT2D eigenvalue weighted by Crippen LogP contribution is 2.19. The molecule has 28 heavy (non-hydrogen) atoms. The van der Waals surface area contributed by atoms with Gasteiger partial charge in [-0.05, 0) is 29.8 Å². The average Bonchev–Trinajstić information content (AvgIpc) is 2.70. The van der Waals surface area contributed by atoms with Gasteiger partial charge in [0.05, 0.1) is 6.54 Å². The number of benzene rings is 3. The normalized spacial score (nSPS) is 10.4. The number of halogens is 2. The van der Waals surface area contributed by atoms with Gasteiger partial charge in [0.15, 0.2) is 11.6 Å². The van der Waals surface area contributed by atoms with Crippen LogP contribution in [0.4, 0.5) is 20.2 Å². The van der Waals surface area contributed by atoms with Gasteiger partial charge in [-0.15, -0.1) is 0 Å². The van der Waals surface area contributed by atoms with E-state index in [1.54, 1.807) is 12.1 Å². The molecular formula is C22H18F2N2O2. The lowest BCUT2D eigenvalue weighted by Crippen LogP contribution is -2.33. The minimum absolute atomic E-state index is 0.0889. The van der Waals surface area contributed by atoms with Crippen molar-refractivity contribution in [3.05, 3.63) is 96.1 Å². The summed E-state index contributed by atoms with van der Waals surface area (Å²) in [6, 6.07) is 21.5. The molecule has 0 saturated carbocycles. The van der Waals surface area contributed by atoms with E-state index < -0.39 is 29.9 Å². The van der Waals surface area contributed by atoms with Crippen molar-refractivity contribution in [1.29, 1.82) is 0 Å². The summed E-state index contributed by atoms with van der Waals surface area (Å²) in [5.41, 5.74) is 1.67. The number of amides is 2. The molecule has 0 aliphatic rings. The van der Waals surface area contributed by atoms with Crippen LogP contribution in [0.25, 0.3) is 0 Å². The lowest BCUT2D eigenvalue weighted by atomic mass is 10.1. The fraction of sp³-hybridized carbons (Fsp3) is 0.0909. The van der Waals surface area contributed by atoms with Crippen LogP contribution in [0.1, 0.15) is 12.0 Å². The van der Waals surface area contributed by atoms with E-state index in [1.807, 2.05) is 48.5 Å². The molecule has 0 saturated heterocycles. The van der Waals surface area contributed by atoms with Gasteiger partial charge in [0, 0.05) is 17.4 Å². The highest BCUT2D eigenvalue weighted by atomic mass is 19.2. The van der Waals surface area contributed by atoms with Gasteiger partial charge in [-0.3, -0.25) is 9.59 Å². The molecule has 0 aliphatic carbocycles. The quantitative estimate of drug-likeness (QED) is 0.639. The van der Waals surface area contributed by atoms with Crippen LogP contribution in [0.2, 0.25) is 0 Å². The van der Waals surface area contributed by atoms with E-state index in [1.165, 1.54) is 11.0 Å². The van der Waals surface area contributed by atoms with Crippen LogP contribution in [-0.2, 0) is 16.1 Å². The Kier molecular flexibility index (Phi) is 6.11. The summed E-state index contributed by atoms with van der Waals surface area (Å²) in [6.45, 7) is 0.308. The second-order valence-corrected chi connectivity index (χ2v) is 6.15. The van der Waals surface area contributed by atoms with Crippen molar-refractivity contribution in [2.45, 2.75) is 13.0 Å². The highest BCUT2D eigenvalue weighted by molar-refractivity contribution is 6.09. The molecule has 0 radical (unpaired) electrons. The molecule has 2 amide bonds. The van der Waals surface area contributed by atoms with Crippen LogP contribution < -0.4 is 10.2 Å². The number of para-hydroxylation sites is 1. The fourth-order valence-corrected chi connectivity index (χ4v) is 2.71. The van der Waals surface area contributed by atoms with Gasteiger partial charge >= 0.3 is 0 Å². The molecule has 0 unspecified atom stereocenters. The molecule has 142 valence electrons. The van der Waals surface area contributed by atoms with E-state index in [0.717, 1.165) is 17.7 Å². The standard InChI is InChI=1S/C22H18F2N2O2/c23-19-12-11-17(13-20(19)24)25-21(27)14-22(28)26(18-9-5-2-6-10-18)15-16-7-3-1-4-8-16/h1-13H,14-15H2,(H,25,27). The number of hydrogen-bond donors (Lipinski definition) is 1. The minimum Gasteiger partial charge on any atom is -0.326 e. The van der Waals surface area contributed by atoms with Gasteiger partial charge in [-0.2, -0.15) is 0 Å². The third-order valence-corrected chi connectivity index (χ3v) is 4.07. The molecule has 6 heteroatoms. The molecule has 0 aliphatic heterocycles. The minimum atomic E-state index is -1.07. The van der Waals surface area contributed by atoms with E-state index in [0.29, 0.717) is 12.2 Å². The van der Waals surface area contributed by atoms with Gasteiger partial charge in [0.25, 0.3) is 0 Å². The van der Waals surface area contributed by atoms with E-state index in [9.17, 15) is 18.4 Å². The third kappa shape index (κ3) is 5.01. The Morgan fingerprint density at radius 3 is 2.11 bits per heavy atom. The smallest absolute Gasteiger partial charge is 0.236 e. The molecule has 0 fully saturated rings. The lowest BCUT2D eigenvalue weighted by molar-refractivity contribution is -0.125. The monoisotopic (exact) mass is 380 g/mol. The van der Waals surface area contributed by atoms with Crippen LogP contribution >= 0.6 is 0 Å². The molecule has 3 aromatic rings. The third-order valence-electron chi connectivity index (χ3n) is 4.07. The van der Waals surface area contributed by atoms with E-state index in [4.69, 9.17) is 0 Å². The highest BCUT2D eigenvalue weighted by Gasteiger charge is 2.19. The number of carbonyl (C=O) groups is 2. The predicted molar refractivity (Wildman–Crippen MR) is 104 cm³/mol. The summed E-state index contributed by atoms with van der Waals surface area (Å²) in [4.78, 5) is 26.5. The van der Waals surface area contributed by atoms with Crippen molar-refractivity contribution < 1.29 is 18.4 Å². The second kappa shape index (κ2) is 8.90. The van der Waals surface area contributed by atoms with Crippen LogP contribution in [0.15, 0.2) is 78.9 Å². The Hall–Kier alpha value is -3.54. The molecule has 0 aromatic heterocycles. The SMILES string of the molecule is O=C(CC(=O)N(Cc1ccccc1)c1ccccc1)Nc1ccc(F)c(F)c1. The molecule has 1 N–H and O–H groups in total. The summed E-state index contributed by atoms with van der Waals surface area (Å²) in [5.74, 6) is -3.09. The largest absolute Gasteiger partial charge is 0.326 e. The maximum absolute atomic E-state index is 13.3. The zero-order valence-electron chi connectivity index (χ0n) is 14.9. The maximum atomic E-state index is 13.3. The van der Waals surface area contributed by atoms with Crippen molar-refractivity contribution in [3.8, 4) is 0 Å². The number of carbonyl (C=O) groups excluding carboxylic acids is 2. The molecule has 3 rings (SSSR count). The van der Waals surface area contributed by atoms with Crippen LogP contribution in [0, 0.1) is 11.6 Å². The number of nitrogens with one attached hydrogen (secondary N) is 1. The summed E-state index contributed by atoms with van der Waals surface area (Å²) in [5, 5.41) is 2.42. The molecule has 0 heterocycles. The van der Waals surface area contributed by atoms with Crippen molar-refractivity contribution in [1.82, 2.24) is 0 Å². The van der Waals surface area contributed by atoms with Gasteiger partial charge in [0.1, 0.15) is 6.42 Å². The Morgan fingerprint density at radius 1 is 0.821 bits per heavy atom. The Bertz CT molecular complexity index is 963. The first-order valence-electron chi connectivity index (χ1n) is 8.67. The average molecular weight is 380 g/mol. The van der Waals surface area contributed by atoms with Crippen molar-refractivity contribution in [2.75, 3.05) is 10.2 Å². The number of anilines is 2. The number of hydrogen-bond acceptors (Lipinski definition) is 2. The Labute approximate surface area is 161 Å². The van der Waals surface area contributed by atoms with Crippen LogP contribution in [0.3, 0.4) is 0 Å². The van der Waals surface area contributed by atoms with Gasteiger partial charge in [0.2, 0.25) is 11.8 Å². The number of nitrogens with zero attached hydrogens (tertiary/aromatic N) is 1. The molecule has 3 aromatic carbocycles. The molecule has 0 bridgehead atoms.